The van der Waals surface area contributed by atoms with Crippen molar-refractivity contribution in [1.29, 1.82) is 0 Å². The monoisotopic (exact) mass is 302 g/mol. The van der Waals surface area contributed by atoms with Crippen molar-refractivity contribution >= 4 is 28.4 Å². The Kier molecular flexibility index (Phi) is 4.39. The Bertz CT molecular complexity index is 638. The van der Waals surface area contributed by atoms with Gasteiger partial charge in [0.05, 0.1) is 10.9 Å². The molecule has 1 amide bonds. The third-order valence-corrected chi connectivity index (χ3v) is 4.66. The number of rotatable bonds is 2. The molecule has 21 heavy (non-hydrogen) atoms. The summed E-state index contributed by atoms with van der Waals surface area (Å²) in [5.74, 6) is -0.0499. The molecule has 1 aromatic carbocycles. The molecule has 1 aliphatic carbocycles. The summed E-state index contributed by atoms with van der Waals surface area (Å²) >= 11 is 6.41. The zero-order valence-electron chi connectivity index (χ0n) is 11.9. The maximum absolute atomic E-state index is 12.6. The lowest BCUT2D eigenvalue weighted by molar-refractivity contribution is 0.0935. The van der Waals surface area contributed by atoms with Gasteiger partial charge in [0.1, 0.15) is 0 Å². The normalized spacial score (nSPS) is 22.7. The predicted octanol–water partition coefficient (Wildman–Crippen LogP) is 3.90. The van der Waals surface area contributed by atoms with Crippen LogP contribution in [0.25, 0.3) is 10.9 Å². The number of fused-ring (bicyclic) bond motifs is 1. The van der Waals surface area contributed by atoms with Crippen molar-refractivity contribution in [2.24, 2.45) is 0 Å². The summed E-state index contributed by atoms with van der Waals surface area (Å²) in [5, 5.41) is 4.04. The van der Waals surface area contributed by atoms with Crippen molar-refractivity contribution in [1.82, 2.24) is 10.3 Å². The summed E-state index contributed by atoms with van der Waals surface area (Å²) in [6.07, 6.45) is 7.16. The van der Waals surface area contributed by atoms with Crippen molar-refractivity contribution in [3.63, 3.8) is 0 Å². The third-order valence-electron chi connectivity index (χ3n) is 4.14. The van der Waals surface area contributed by atoms with E-state index in [0.29, 0.717) is 5.56 Å². The Balaban J connectivity index is 1.83. The SMILES string of the molecule is O=C(NC1CCCCCC1Cl)c1cccc2ncccc12. The fourth-order valence-corrected chi connectivity index (χ4v) is 3.32. The topological polar surface area (TPSA) is 42.0 Å². The number of alkyl halides is 1. The number of nitrogens with one attached hydrogen (secondary N) is 1. The van der Waals surface area contributed by atoms with E-state index in [-0.39, 0.29) is 17.3 Å². The van der Waals surface area contributed by atoms with Crippen LogP contribution in [0.4, 0.5) is 0 Å². The molecule has 110 valence electrons. The van der Waals surface area contributed by atoms with E-state index in [1.54, 1.807) is 6.20 Å². The molecule has 3 rings (SSSR count). The Morgan fingerprint density at radius 3 is 2.90 bits per heavy atom. The van der Waals surface area contributed by atoms with E-state index in [1.165, 1.54) is 6.42 Å². The number of halogens is 1. The average molecular weight is 303 g/mol. The second kappa shape index (κ2) is 6.44. The first kappa shape index (κ1) is 14.3. The van der Waals surface area contributed by atoms with Gasteiger partial charge in [0.2, 0.25) is 0 Å². The lowest BCUT2D eigenvalue weighted by Gasteiger charge is -2.21. The number of amides is 1. The predicted molar refractivity (Wildman–Crippen MR) is 85.7 cm³/mol. The molecule has 0 bridgehead atoms. The number of nitrogens with zero attached hydrogens (tertiary/aromatic N) is 1. The van der Waals surface area contributed by atoms with Gasteiger partial charge in [-0.1, -0.05) is 31.4 Å². The minimum Gasteiger partial charge on any atom is -0.348 e. The highest BCUT2D eigenvalue weighted by Gasteiger charge is 2.24. The van der Waals surface area contributed by atoms with E-state index in [4.69, 9.17) is 11.6 Å². The number of pyridine rings is 1. The van der Waals surface area contributed by atoms with Gasteiger partial charge < -0.3 is 5.32 Å². The largest absolute Gasteiger partial charge is 0.348 e. The van der Waals surface area contributed by atoms with Gasteiger partial charge in [0, 0.05) is 23.2 Å². The maximum Gasteiger partial charge on any atom is 0.252 e. The number of hydrogen-bond acceptors (Lipinski definition) is 2. The van der Waals surface area contributed by atoms with Crippen LogP contribution >= 0.6 is 11.6 Å². The average Bonchev–Trinajstić information content (AvgIpc) is 2.71. The standard InChI is InChI=1S/C17H19ClN2O/c18-14-8-2-1-3-9-16(14)20-17(21)13-6-4-10-15-12(13)7-5-11-19-15/h4-7,10-11,14,16H,1-3,8-9H2,(H,20,21). The maximum atomic E-state index is 12.6. The summed E-state index contributed by atoms with van der Waals surface area (Å²) < 4.78 is 0. The van der Waals surface area contributed by atoms with Crippen LogP contribution < -0.4 is 5.32 Å². The zero-order chi connectivity index (χ0) is 14.7. The Morgan fingerprint density at radius 2 is 2.00 bits per heavy atom. The highest BCUT2D eigenvalue weighted by Crippen LogP contribution is 2.23. The van der Waals surface area contributed by atoms with Gasteiger partial charge in [-0.05, 0) is 31.0 Å². The molecular formula is C17H19ClN2O. The Hall–Kier alpha value is -1.61. The lowest BCUT2D eigenvalue weighted by atomic mass is 10.1. The minimum absolute atomic E-state index is 0.0320. The number of benzene rings is 1. The molecule has 2 aromatic rings. The summed E-state index contributed by atoms with van der Waals surface area (Å²) in [4.78, 5) is 16.9. The minimum atomic E-state index is -0.0499. The number of carbonyl (C=O) groups excluding carboxylic acids is 1. The zero-order valence-corrected chi connectivity index (χ0v) is 12.6. The van der Waals surface area contributed by atoms with Gasteiger partial charge in [-0.2, -0.15) is 0 Å². The summed E-state index contributed by atoms with van der Waals surface area (Å²) in [6, 6.07) is 9.49. The van der Waals surface area contributed by atoms with Crippen LogP contribution in [-0.4, -0.2) is 22.3 Å². The van der Waals surface area contributed by atoms with E-state index < -0.39 is 0 Å². The van der Waals surface area contributed by atoms with Gasteiger partial charge in [-0.25, -0.2) is 0 Å². The molecule has 4 heteroatoms. The number of hydrogen-bond donors (Lipinski definition) is 1. The van der Waals surface area contributed by atoms with Gasteiger partial charge in [-0.15, -0.1) is 11.6 Å². The van der Waals surface area contributed by atoms with Crippen LogP contribution in [-0.2, 0) is 0 Å². The molecule has 0 saturated heterocycles. The van der Waals surface area contributed by atoms with Crippen LogP contribution in [0.15, 0.2) is 36.5 Å². The summed E-state index contributed by atoms with van der Waals surface area (Å²) in [5.41, 5.74) is 1.52. The van der Waals surface area contributed by atoms with Crippen LogP contribution in [0.5, 0.6) is 0 Å². The van der Waals surface area contributed by atoms with Gasteiger partial charge in [0.15, 0.2) is 0 Å². The van der Waals surface area contributed by atoms with Crippen LogP contribution in [0.3, 0.4) is 0 Å². The fourth-order valence-electron chi connectivity index (χ4n) is 2.97. The van der Waals surface area contributed by atoms with E-state index in [0.717, 1.165) is 36.6 Å². The lowest BCUT2D eigenvalue weighted by Crippen LogP contribution is -2.40. The first-order valence-electron chi connectivity index (χ1n) is 7.54. The van der Waals surface area contributed by atoms with E-state index in [9.17, 15) is 4.79 Å². The quantitative estimate of drug-likeness (QED) is 0.675. The van der Waals surface area contributed by atoms with Gasteiger partial charge >= 0.3 is 0 Å². The highest BCUT2D eigenvalue weighted by molar-refractivity contribution is 6.21. The smallest absolute Gasteiger partial charge is 0.252 e. The molecular weight excluding hydrogens is 284 g/mol. The second-order valence-corrected chi connectivity index (χ2v) is 6.17. The molecule has 1 fully saturated rings. The third kappa shape index (κ3) is 3.18. The molecule has 1 aliphatic rings. The van der Waals surface area contributed by atoms with Gasteiger partial charge in [-0.3, -0.25) is 9.78 Å². The fraction of sp³-hybridized carbons (Fsp3) is 0.412. The Morgan fingerprint density at radius 1 is 1.14 bits per heavy atom. The van der Waals surface area contributed by atoms with Crippen LogP contribution in [0.1, 0.15) is 42.5 Å². The van der Waals surface area contributed by atoms with Crippen molar-refractivity contribution in [3.05, 3.63) is 42.1 Å². The first-order chi connectivity index (χ1) is 10.3. The highest BCUT2D eigenvalue weighted by atomic mass is 35.5. The first-order valence-corrected chi connectivity index (χ1v) is 7.98. The molecule has 0 spiro atoms. The van der Waals surface area contributed by atoms with Crippen LogP contribution in [0, 0.1) is 0 Å². The molecule has 1 aromatic heterocycles. The summed E-state index contributed by atoms with van der Waals surface area (Å²) in [6.45, 7) is 0. The number of carbonyl (C=O) groups is 1. The molecule has 1 N–H and O–H groups in total. The Labute approximate surface area is 129 Å². The molecule has 0 radical (unpaired) electrons. The molecule has 1 heterocycles. The number of aromatic nitrogens is 1. The van der Waals surface area contributed by atoms with Crippen molar-refractivity contribution in [3.8, 4) is 0 Å². The van der Waals surface area contributed by atoms with Crippen molar-refractivity contribution < 1.29 is 4.79 Å². The molecule has 1 saturated carbocycles. The van der Waals surface area contributed by atoms with Gasteiger partial charge in [0.25, 0.3) is 5.91 Å². The van der Waals surface area contributed by atoms with E-state index in [1.807, 2.05) is 30.3 Å². The van der Waals surface area contributed by atoms with Crippen LogP contribution in [0.2, 0.25) is 0 Å². The van der Waals surface area contributed by atoms with E-state index >= 15 is 0 Å². The molecule has 0 aliphatic heterocycles. The molecule has 2 unspecified atom stereocenters. The van der Waals surface area contributed by atoms with E-state index in [2.05, 4.69) is 10.3 Å². The molecule has 2 atom stereocenters. The molecule has 3 nitrogen and oxygen atoms in total. The van der Waals surface area contributed by atoms with Crippen molar-refractivity contribution in [2.45, 2.75) is 43.5 Å². The second-order valence-electron chi connectivity index (χ2n) is 5.61. The van der Waals surface area contributed by atoms with Crippen molar-refractivity contribution in [2.75, 3.05) is 0 Å². The summed E-state index contributed by atoms with van der Waals surface area (Å²) in [7, 11) is 0.